The van der Waals surface area contributed by atoms with Gasteiger partial charge in [-0.05, 0) is 22.9 Å². The van der Waals surface area contributed by atoms with Gasteiger partial charge in [0, 0.05) is 26.2 Å². The Morgan fingerprint density at radius 3 is 2.38 bits per heavy atom. The fourth-order valence-electron chi connectivity index (χ4n) is 2.28. The zero-order chi connectivity index (χ0) is 15.6. The Bertz CT molecular complexity index is 491. The molecule has 0 saturated carbocycles. The van der Waals surface area contributed by atoms with Crippen molar-refractivity contribution in [2.24, 2.45) is 0 Å². The van der Waals surface area contributed by atoms with Crippen molar-refractivity contribution < 1.29 is 18.0 Å². The fraction of sp³-hybridized carbons (Fsp3) is 0.643. The lowest BCUT2D eigenvalue weighted by Gasteiger charge is -2.34. The van der Waals surface area contributed by atoms with E-state index in [1.54, 1.807) is 4.90 Å². The molecule has 118 valence electrons. The van der Waals surface area contributed by atoms with Gasteiger partial charge in [0.25, 0.3) is 5.91 Å². The summed E-state index contributed by atoms with van der Waals surface area (Å²) in [5, 5.41) is 1.97. The first kappa shape index (κ1) is 16.3. The molecule has 0 radical (unpaired) electrons. The van der Waals surface area contributed by atoms with E-state index in [0.717, 1.165) is 5.56 Å². The Balaban J connectivity index is 1.90. The third kappa shape index (κ3) is 4.44. The van der Waals surface area contributed by atoms with Gasteiger partial charge in [-0.1, -0.05) is 13.8 Å². The molecule has 0 bridgehead atoms. The summed E-state index contributed by atoms with van der Waals surface area (Å²) in [5.74, 6) is 0.296. The lowest BCUT2D eigenvalue weighted by atomic mass is 10.1. The van der Waals surface area contributed by atoms with Gasteiger partial charge in [0.1, 0.15) is 0 Å². The number of alkyl halides is 3. The Morgan fingerprint density at radius 1 is 1.29 bits per heavy atom. The SMILES string of the molecule is CC(C)c1csc(C(=O)N2CCN(CC(F)(F)F)CC2)c1. The van der Waals surface area contributed by atoms with E-state index in [1.807, 2.05) is 11.4 Å². The average Bonchev–Trinajstić information content (AvgIpc) is 2.86. The van der Waals surface area contributed by atoms with Crippen molar-refractivity contribution in [1.29, 1.82) is 0 Å². The minimum atomic E-state index is -4.17. The standard InChI is InChI=1S/C14H19F3N2OS/c1-10(2)11-7-12(21-8-11)13(20)19-5-3-18(4-6-19)9-14(15,16)17/h7-8,10H,3-6,9H2,1-2H3. The molecule has 1 amide bonds. The number of carbonyl (C=O) groups excluding carboxylic acids is 1. The normalized spacial score (nSPS) is 17.5. The minimum Gasteiger partial charge on any atom is -0.335 e. The molecular formula is C14H19F3N2OS. The molecule has 0 aromatic carbocycles. The highest BCUT2D eigenvalue weighted by Gasteiger charge is 2.33. The van der Waals surface area contributed by atoms with Gasteiger partial charge in [0.15, 0.2) is 0 Å². The number of carbonyl (C=O) groups is 1. The van der Waals surface area contributed by atoms with Crippen molar-refractivity contribution in [2.75, 3.05) is 32.7 Å². The number of hydrogen-bond donors (Lipinski definition) is 0. The summed E-state index contributed by atoms with van der Waals surface area (Å²) in [7, 11) is 0. The molecule has 3 nitrogen and oxygen atoms in total. The van der Waals surface area contributed by atoms with Crippen LogP contribution < -0.4 is 0 Å². The number of rotatable bonds is 3. The highest BCUT2D eigenvalue weighted by Crippen LogP contribution is 2.24. The summed E-state index contributed by atoms with van der Waals surface area (Å²) in [6, 6.07) is 1.89. The molecule has 1 aliphatic rings. The number of hydrogen-bond acceptors (Lipinski definition) is 3. The molecule has 0 spiro atoms. The number of piperazine rings is 1. The Hall–Kier alpha value is -1.08. The van der Waals surface area contributed by atoms with Crippen molar-refractivity contribution in [3.63, 3.8) is 0 Å². The van der Waals surface area contributed by atoms with Crippen LogP contribution in [0.3, 0.4) is 0 Å². The maximum atomic E-state index is 12.3. The molecule has 1 fully saturated rings. The first-order chi connectivity index (χ1) is 9.76. The van der Waals surface area contributed by atoms with Crippen LogP contribution in [0.4, 0.5) is 13.2 Å². The van der Waals surface area contributed by atoms with Gasteiger partial charge < -0.3 is 4.90 Å². The first-order valence-electron chi connectivity index (χ1n) is 6.93. The van der Waals surface area contributed by atoms with Crippen LogP contribution >= 0.6 is 11.3 Å². The summed E-state index contributed by atoms with van der Waals surface area (Å²) >= 11 is 1.41. The van der Waals surface area contributed by atoms with Crippen LogP contribution in [0.25, 0.3) is 0 Å². The number of nitrogens with zero attached hydrogens (tertiary/aromatic N) is 2. The van der Waals surface area contributed by atoms with Gasteiger partial charge in [0.2, 0.25) is 0 Å². The van der Waals surface area contributed by atoms with E-state index < -0.39 is 12.7 Å². The van der Waals surface area contributed by atoms with Gasteiger partial charge in [-0.3, -0.25) is 9.69 Å². The molecule has 0 atom stereocenters. The summed E-state index contributed by atoms with van der Waals surface area (Å²) in [6.45, 7) is 4.47. The predicted octanol–water partition coefficient (Wildman–Crippen LogP) is 3.19. The molecule has 1 aromatic heterocycles. The first-order valence-corrected chi connectivity index (χ1v) is 7.81. The summed E-state index contributed by atoms with van der Waals surface area (Å²) in [6.07, 6.45) is -4.17. The highest BCUT2D eigenvalue weighted by atomic mass is 32.1. The van der Waals surface area contributed by atoms with Gasteiger partial charge in [-0.25, -0.2) is 0 Å². The second kappa shape index (κ2) is 6.36. The average molecular weight is 320 g/mol. The third-order valence-electron chi connectivity index (χ3n) is 3.56. The summed E-state index contributed by atoms with van der Waals surface area (Å²) in [4.78, 5) is 16.0. The van der Waals surface area contributed by atoms with Crippen molar-refractivity contribution in [3.05, 3.63) is 21.9 Å². The highest BCUT2D eigenvalue weighted by molar-refractivity contribution is 7.12. The lowest BCUT2D eigenvalue weighted by molar-refractivity contribution is -0.148. The van der Waals surface area contributed by atoms with Crippen molar-refractivity contribution in [3.8, 4) is 0 Å². The minimum absolute atomic E-state index is 0.0708. The topological polar surface area (TPSA) is 23.6 Å². The van der Waals surface area contributed by atoms with Crippen LogP contribution in [0, 0.1) is 0 Å². The molecule has 0 N–H and O–H groups in total. The summed E-state index contributed by atoms with van der Waals surface area (Å²) < 4.78 is 37.0. The van der Waals surface area contributed by atoms with E-state index >= 15 is 0 Å². The van der Waals surface area contributed by atoms with Crippen molar-refractivity contribution in [2.45, 2.75) is 25.9 Å². The molecule has 1 aliphatic heterocycles. The molecule has 1 saturated heterocycles. The number of amides is 1. The van der Waals surface area contributed by atoms with Crippen LogP contribution in [-0.2, 0) is 0 Å². The molecule has 2 rings (SSSR count). The maximum Gasteiger partial charge on any atom is 0.401 e. The van der Waals surface area contributed by atoms with E-state index in [9.17, 15) is 18.0 Å². The fourth-order valence-corrected chi connectivity index (χ4v) is 3.32. The zero-order valence-corrected chi connectivity index (χ0v) is 12.9. The largest absolute Gasteiger partial charge is 0.401 e. The molecular weight excluding hydrogens is 301 g/mol. The molecule has 0 aliphatic carbocycles. The number of halogens is 3. The molecule has 21 heavy (non-hydrogen) atoms. The molecule has 1 aromatic rings. The third-order valence-corrected chi connectivity index (χ3v) is 4.50. The molecule has 0 unspecified atom stereocenters. The van der Waals surface area contributed by atoms with Crippen LogP contribution in [0.1, 0.15) is 35.0 Å². The number of thiophene rings is 1. The smallest absolute Gasteiger partial charge is 0.335 e. The monoisotopic (exact) mass is 320 g/mol. The van der Waals surface area contributed by atoms with Crippen LogP contribution in [0.2, 0.25) is 0 Å². The predicted molar refractivity (Wildman–Crippen MR) is 76.8 cm³/mol. The Kier molecular flexibility index (Phi) is 4.93. The maximum absolute atomic E-state index is 12.3. The van der Waals surface area contributed by atoms with Gasteiger partial charge >= 0.3 is 6.18 Å². The van der Waals surface area contributed by atoms with E-state index in [-0.39, 0.29) is 19.0 Å². The summed E-state index contributed by atoms with van der Waals surface area (Å²) in [5.41, 5.74) is 1.12. The van der Waals surface area contributed by atoms with Crippen LogP contribution in [-0.4, -0.2) is 54.6 Å². The quantitative estimate of drug-likeness (QED) is 0.854. The second-order valence-corrected chi connectivity index (χ2v) is 6.49. The Labute approximate surface area is 126 Å². The van der Waals surface area contributed by atoms with Crippen LogP contribution in [0.15, 0.2) is 11.4 Å². The Morgan fingerprint density at radius 2 is 1.90 bits per heavy atom. The van der Waals surface area contributed by atoms with E-state index in [1.165, 1.54) is 16.2 Å². The van der Waals surface area contributed by atoms with Gasteiger partial charge in [-0.15, -0.1) is 11.3 Å². The molecule has 7 heteroatoms. The van der Waals surface area contributed by atoms with Crippen molar-refractivity contribution in [1.82, 2.24) is 9.80 Å². The molecule has 2 heterocycles. The van der Waals surface area contributed by atoms with Crippen molar-refractivity contribution >= 4 is 17.2 Å². The van der Waals surface area contributed by atoms with Gasteiger partial charge in [0.05, 0.1) is 11.4 Å². The lowest BCUT2D eigenvalue weighted by Crippen LogP contribution is -2.50. The van der Waals surface area contributed by atoms with E-state index in [0.29, 0.717) is 23.9 Å². The van der Waals surface area contributed by atoms with Crippen LogP contribution in [0.5, 0.6) is 0 Å². The van der Waals surface area contributed by atoms with E-state index in [4.69, 9.17) is 0 Å². The second-order valence-electron chi connectivity index (χ2n) is 5.58. The zero-order valence-electron chi connectivity index (χ0n) is 12.1. The van der Waals surface area contributed by atoms with E-state index in [2.05, 4.69) is 13.8 Å². The van der Waals surface area contributed by atoms with Gasteiger partial charge in [-0.2, -0.15) is 13.2 Å².